The summed E-state index contributed by atoms with van der Waals surface area (Å²) in [7, 11) is 0. The van der Waals surface area contributed by atoms with E-state index in [0.29, 0.717) is 18.3 Å². The minimum Gasteiger partial charge on any atom is -0.396 e. The molecule has 1 heterocycles. The van der Waals surface area contributed by atoms with Crippen molar-refractivity contribution >= 4 is 11.4 Å². The summed E-state index contributed by atoms with van der Waals surface area (Å²) < 4.78 is 0. The van der Waals surface area contributed by atoms with Crippen LogP contribution < -0.4 is 16.8 Å². The summed E-state index contributed by atoms with van der Waals surface area (Å²) >= 11 is 0. The van der Waals surface area contributed by atoms with E-state index in [0.717, 1.165) is 12.1 Å². The lowest BCUT2D eigenvalue weighted by Crippen LogP contribution is -2.20. The predicted octanol–water partition coefficient (Wildman–Crippen LogP) is 0.813. The standard InChI is InChI=1S/C9H16N4/c1-7(2-4-10)13-9-3-5-12-6-8(9)11/h3,5-7H,2,4,10-11H2,1H3,(H,12,13). The van der Waals surface area contributed by atoms with Crippen molar-refractivity contribution in [2.24, 2.45) is 5.73 Å². The maximum absolute atomic E-state index is 5.71. The Bertz CT molecular complexity index is 262. The number of aromatic nitrogens is 1. The molecule has 1 rings (SSSR count). The summed E-state index contributed by atoms with van der Waals surface area (Å²) in [5, 5.41) is 3.27. The molecule has 1 aromatic heterocycles. The van der Waals surface area contributed by atoms with Gasteiger partial charge in [0, 0.05) is 12.2 Å². The highest BCUT2D eigenvalue weighted by atomic mass is 14.9. The van der Waals surface area contributed by atoms with Gasteiger partial charge in [0.05, 0.1) is 17.6 Å². The fourth-order valence-corrected chi connectivity index (χ4v) is 1.13. The molecule has 0 bridgehead atoms. The lowest BCUT2D eigenvalue weighted by molar-refractivity contribution is 0.717. The van der Waals surface area contributed by atoms with Crippen LogP contribution in [0, 0.1) is 0 Å². The fourth-order valence-electron chi connectivity index (χ4n) is 1.13. The first-order valence-electron chi connectivity index (χ1n) is 4.40. The lowest BCUT2D eigenvalue weighted by atomic mass is 10.2. The molecule has 0 aliphatic rings. The van der Waals surface area contributed by atoms with Crippen LogP contribution in [-0.2, 0) is 0 Å². The Morgan fingerprint density at radius 2 is 2.38 bits per heavy atom. The zero-order chi connectivity index (χ0) is 9.68. The molecule has 0 aromatic carbocycles. The zero-order valence-corrected chi connectivity index (χ0v) is 7.83. The molecule has 0 amide bonds. The lowest BCUT2D eigenvalue weighted by Gasteiger charge is -2.15. The maximum atomic E-state index is 5.71. The first-order valence-corrected chi connectivity index (χ1v) is 4.40. The van der Waals surface area contributed by atoms with Crippen molar-refractivity contribution in [2.75, 3.05) is 17.6 Å². The highest BCUT2D eigenvalue weighted by Crippen LogP contribution is 2.16. The van der Waals surface area contributed by atoms with Crippen LogP contribution in [0.3, 0.4) is 0 Å². The Morgan fingerprint density at radius 1 is 1.62 bits per heavy atom. The summed E-state index contributed by atoms with van der Waals surface area (Å²) in [6.45, 7) is 2.76. The van der Waals surface area contributed by atoms with Gasteiger partial charge in [-0.15, -0.1) is 0 Å². The van der Waals surface area contributed by atoms with Gasteiger partial charge in [-0.2, -0.15) is 0 Å². The van der Waals surface area contributed by atoms with Gasteiger partial charge < -0.3 is 16.8 Å². The first-order chi connectivity index (χ1) is 6.24. The van der Waals surface area contributed by atoms with Gasteiger partial charge in [-0.25, -0.2) is 0 Å². The van der Waals surface area contributed by atoms with Gasteiger partial charge in [0.15, 0.2) is 0 Å². The molecule has 4 heteroatoms. The average molecular weight is 180 g/mol. The zero-order valence-electron chi connectivity index (χ0n) is 7.83. The van der Waals surface area contributed by atoms with Crippen LogP contribution >= 0.6 is 0 Å². The topological polar surface area (TPSA) is 77.0 Å². The van der Waals surface area contributed by atoms with E-state index in [4.69, 9.17) is 11.5 Å². The van der Waals surface area contributed by atoms with E-state index >= 15 is 0 Å². The number of nitrogens with zero attached hydrogens (tertiary/aromatic N) is 1. The third-order valence-corrected chi connectivity index (χ3v) is 1.85. The van der Waals surface area contributed by atoms with E-state index in [1.54, 1.807) is 12.4 Å². The summed E-state index contributed by atoms with van der Waals surface area (Å²) in [4.78, 5) is 3.91. The molecule has 0 saturated carbocycles. The monoisotopic (exact) mass is 180 g/mol. The van der Waals surface area contributed by atoms with Crippen LogP contribution in [0.1, 0.15) is 13.3 Å². The second-order valence-corrected chi connectivity index (χ2v) is 3.09. The van der Waals surface area contributed by atoms with Crippen molar-refractivity contribution in [3.8, 4) is 0 Å². The fraction of sp³-hybridized carbons (Fsp3) is 0.444. The summed E-state index contributed by atoms with van der Waals surface area (Å²) in [6, 6.07) is 2.21. The van der Waals surface area contributed by atoms with Crippen LogP contribution in [0.25, 0.3) is 0 Å². The van der Waals surface area contributed by atoms with E-state index in [1.165, 1.54) is 0 Å². The smallest absolute Gasteiger partial charge is 0.0736 e. The van der Waals surface area contributed by atoms with E-state index < -0.39 is 0 Å². The van der Waals surface area contributed by atoms with Gasteiger partial charge in [0.2, 0.25) is 0 Å². The molecule has 0 spiro atoms. The molecule has 0 saturated heterocycles. The quantitative estimate of drug-likeness (QED) is 0.641. The molecule has 72 valence electrons. The third-order valence-electron chi connectivity index (χ3n) is 1.85. The number of rotatable bonds is 4. The van der Waals surface area contributed by atoms with Gasteiger partial charge in [-0.3, -0.25) is 4.98 Å². The number of nitrogen functional groups attached to an aromatic ring is 1. The van der Waals surface area contributed by atoms with E-state index in [-0.39, 0.29) is 0 Å². The molecular formula is C9H16N4. The number of hydrogen-bond donors (Lipinski definition) is 3. The van der Waals surface area contributed by atoms with Crippen LogP contribution in [0.4, 0.5) is 11.4 Å². The molecule has 0 fully saturated rings. The van der Waals surface area contributed by atoms with E-state index in [2.05, 4.69) is 17.2 Å². The SMILES string of the molecule is CC(CCN)Nc1ccncc1N. The third kappa shape index (κ3) is 2.91. The Hall–Kier alpha value is -1.29. The van der Waals surface area contributed by atoms with Crippen LogP contribution in [0.5, 0.6) is 0 Å². The Labute approximate surface area is 78.3 Å². The largest absolute Gasteiger partial charge is 0.396 e. The van der Waals surface area contributed by atoms with Crippen molar-refractivity contribution in [2.45, 2.75) is 19.4 Å². The molecule has 1 unspecified atom stereocenters. The molecule has 4 nitrogen and oxygen atoms in total. The summed E-state index contributed by atoms with van der Waals surface area (Å²) in [5.41, 5.74) is 12.7. The average Bonchev–Trinajstić information content (AvgIpc) is 2.09. The molecule has 0 aliphatic carbocycles. The maximum Gasteiger partial charge on any atom is 0.0736 e. The summed E-state index contributed by atoms with van der Waals surface area (Å²) in [5.74, 6) is 0. The highest BCUT2D eigenvalue weighted by Gasteiger charge is 2.02. The van der Waals surface area contributed by atoms with Gasteiger partial charge in [-0.1, -0.05) is 0 Å². The van der Waals surface area contributed by atoms with Crippen LogP contribution in [-0.4, -0.2) is 17.6 Å². The van der Waals surface area contributed by atoms with Crippen molar-refractivity contribution in [3.05, 3.63) is 18.5 Å². The van der Waals surface area contributed by atoms with Crippen molar-refractivity contribution in [1.29, 1.82) is 0 Å². The molecule has 5 N–H and O–H groups in total. The van der Waals surface area contributed by atoms with Gasteiger partial charge in [0.25, 0.3) is 0 Å². The summed E-state index contributed by atoms with van der Waals surface area (Å²) in [6.07, 6.45) is 4.28. The van der Waals surface area contributed by atoms with Crippen molar-refractivity contribution < 1.29 is 0 Å². The molecule has 13 heavy (non-hydrogen) atoms. The number of hydrogen-bond acceptors (Lipinski definition) is 4. The molecule has 0 aliphatic heterocycles. The number of nitrogens with one attached hydrogen (secondary N) is 1. The second kappa shape index (κ2) is 4.67. The van der Waals surface area contributed by atoms with Crippen LogP contribution in [0.15, 0.2) is 18.5 Å². The Kier molecular flexibility index (Phi) is 3.52. The molecule has 1 atom stereocenters. The van der Waals surface area contributed by atoms with Gasteiger partial charge >= 0.3 is 0 Å². The minimum absolute atomic E-state index is 0.342. The van der Waals surface area contributed by atoms with Crippen LogP contribution in [0.2, 0.25) is 0 Å². The molecule has 0 radical (unpaired) electrons. The van der Waals surface area contributed by atoms with E-state index in [1.807, 2.05) is 6.07 Å². The second-order valence-electron chi connectivity index (χ2n) is 3.09. The normalized spacial score (nSPS) is 12.5. The van der Waals surface area contributed by atoms with Crippen molar-refractivity contribution in [3.63, 3.8) is 0 Å². The highest BCUT2D eigenvalue weighted by molar-refractivity contribution is 5.64. The predicted molar refractivity (Wildman–Crippen MR) is 55.4 cm³/mol. The number of anilines is 2. The van der Waals surface area contributed by atoms with Gasteiger partial charge in [-0.05, 0) is 26.0 Å². The van der Waals surface area contributed by atoms with E-state index in [9.17, 15) is 0 Å². The van der Waals surface area contributed by atoms with Gasteiger partial charge in [0.1, 0.15) is 0 Å². The number of pyridine rings is 1. The minimum atomic E-state index is 0.342. The molecule has 1 aromatic rings. The molecular weight excluding hydrogens is 164 g/mol. The first kappa shape index (κ1) is 9.80. The Balaban J connectivity index is 2.58. The Morgan fingerprint density at radius 3 is 3.00 bits per heavy atom. The number of nitrogens with two attached hydrogens (primary N) is 2. The van der Waals surface area contributed by atoms with Crippen molar-refractivity contribution in [1.82, 2.24) is 4.98 Å².